The van der Waals surface area contributed by atoms with Crippen molar-refractivity contribution in [3.05, 3.63) is 89.5 Å². The summed E-state index contributed by atoms with van der Waals surface area (Å²) in [5, 5.41) is 6.96. The molecule has 0 spiro atoms. The summed E-state index contributed by atoms with van der Waals surface area (Å²) in [6.45, 7) is 4.86. The Kier molecular flexibility index (Phi) is 10.3. The topological polar surface area (TPSA) is 100 Å². The van der Waals surface area contributed by atoms with Crippen LogP contribution >= 0.6 is 11.8 Å². The highest BCUT2D eigenvalue weighted by molar-refractivity contribution is 7.99. The molecule has 1 heterocycles. The van der Waals surface area contributed by atoms with Gasteiger partial charge in [0.2, 0.25) is 0 Å². The number of hydrazone groups is 1. The molecule has 9 heteroatoms. The third-order valence-electron chi connectivity index (χ3n) is 6.37. The normalized spacial score (nSPS) is 13.3. The van der Waals surface area contributed by atoms with Gasteiger partial charge >= 0.3 is 12.0 Å². The molecule has 0 aromatic heterocycles. The molecule has 1 aliphatic rings. The van der Waals surface area contributed by atoms with Gasteiger partial charge in [0.25, 0.3) is 5.91 Å². The lowest BCUT2D eigenvalue weighted by Gasteiger charge is -2.16. The maximum Gasteiger partial charge on any atom is 0.339 e. The van der Waals surface area contributed by atoms with Gasteiger partial charge in [-0.15, -0.1) is 11.8 Å². The van der Waals surface area contributed by atoms with Crippen LogP contribution in [0.1, 0.15) is 54.6 Å². The molecule has 40 heavy (non-hydrogen) atoms. The Morgan fingerprint density at radius 3 is 2.48 bits per heavy atom. The number of carbonyl (C=O) groups excluding carboxylic acids is 3. The van der Waals surface area contributed by atoms with Crippen LogP contribution in [0.25, 0.3) is 0 Å². The van der Waals surface area contributed by atoms with E-state index in [2.05, 4.69) is 22.8 Å². The number of fused-ring (bicyclic) bond motifs is 1. The summed E-state index contributed by atoms with van der Waals surface area (Å²) in [7, 11) is 0. The predicted octanol–water partition coefficient (Wildman–Crippen LogP) is 6.26. The number of amides is 3. The number of para-hydroxylation sites is 1. The van der Waals surface area contributed by atoms with Gasteiger partial charge in [-0.05, 0) is 67.8 Å². The number of nitrogens with one attached hydrogen (secondary N) is 2. The number of aryl methyl sites for hydroxylation is 1. The monoisotopic (exact) mass is 558 g/mol. The molecule has 0 bridgehead atoms. The second-order valence-corrected chi connectivity index (χ2v) is 10.4. The van der Waals surface area contributed by atoms with Crippen molar-refractivity contribution >= 4 is 46.8 Å². The first-order valence-electron chi connectivity index (χ1n) is 13.5. The van der Waals surface area contributed by atoms with Crippen molar-refractivity contribution in [2.24, 2.45) is 5.10 Å². The number of hydrogen-bond acceptors (Lipinski definition) is 6. The third kappa shape index (κ3) is 7.51. The van der Waals surface area contributed by atoms with Gasteiger partial charge < -0.3 is 15.0 Å². The van der Waals surface area contributed by atoms with Crippen LogP contribution in [0.15, 0.2) is 82.8 Å². The zero-order valence-corrected chi connectivity index (χ0v) is 23.6. The van der Waals surface area contributed by atoms with Crippen LogP contribution in [-0.4, -0.2) is 42.5 Å². The number of ether oxygens (including phenoxy) is 1. The summed E-state index contributed by atoms with van der Waals surface area (Å²) in [5.74, 6) is 0.287. The Balaban J connectivity index is 1.44. The average molecular weight is 559 g/mol. The van der Waals surface area contributed by atoms with E-state index in [-0.39, 0.29) is 17.6 Å². The van der Waals surface area contributed by atoms with Gasteiger partial charge in [-0.1, -0.05) is 50.1 Å². The van der Waals surface area contributed by atoms with Crippen molar-refractivity contribution in [2.45, 2.75) is 44.4 Å². The molecule has 3 aromatic carbocycles. The first-order chi connectivity index (χ1) is 19.5. The summed E-state index contributed by atoms with van der Waals surface area (Å²) < 4.78 is 5.04. The van der Waals surface area contributed by atoms with E-state index in [1.165, 1.54) is 0 Å². The summed E-state index contributed by atoms with van der Waals surface area (Å²) in [6.07, 6.45) is 3.79. The van der Waals surface area contributed by atoms with Crippen molar-refractivity contribution in [2.75, 3.05) is 29.1 Å². The van der Waals surface area contributed by atoms with E-state index in [9.17, 15) is 14.4 Å². The Hall–Kier alpha value is -4.11. The van der Waals surface area contributed by atoms with E-state index in [0.717, 1.165) is 47.6 Å². The molecule has 1 aliphatic heterocycles. The molecule has 0 atom stereocenters. The number of rotatable bonds is 12. The number of carbonyl (C=O) groups is 3. The van der Waals surface area contributed by atoms with Gasteiger partial charge in [0.1, 0.15) is 0 Å². The number of nitrogens with zero attached hydrogens (tertiary/aromatic N) is 2. The van der Waals surface area contributed by atoms with Gasteiger partial charge in [-0.25, -0.2) is 15.0 Å². The molecule has 3 amide bonds. The molecule has 0 unspecified atom stereocenters. The quantitative estimate of drug-likeness (QED) is 0.118. The average Bonchev–Trinajstić information content (AvgIpc) is 3.22. The number of esters is 1. The molecular weight excluding hydrogens is 524 g/mol. The molecule has 2 N–H and O–H groups in total. The Morgan fingerprint density at radius 1 is 0.975 bits per heavy atom. The first kappa shape index (κ1) is 28.9. The van der Waals surface area contributed by atoms with Crippen LogP contribution < -0.4 is 15.6 Å². The number of hydrogen-bond donors (Lipinski definition) is 2. The maximum atomic E-state index is 13.3. The maximum absolute atomic E-state index is 13.3. The van der Waals surface area contributed by atoms with Crippen molar-refractivity contribution in [1.29, 1.82) is 0 Å². The Morgan fingerprint density at radius 2 is 1.75 bits per heavy atom. The molecule has 0 radical (unpaired) electrons. The number of anilines is 2. The minimum absolute atomic E-state index is 0.213. The third-order valence-corrected chi connectivity index (χ3v) is 7.37. The second-order valence-electron chi connectivity index (χ2n) is 9.25. The molecule has 0 aliphatic carbocycles. The van der Waals surface area contributed by atoms with Crippen molar-refractivity contribution in [1.82, 2.24) is 5.43 Å². The number of unbranched alkanes of at least 4 members (excludes halogenated alkanes) is 2. The highest BCUT2D eigenvalue weighted by atomic mass is 32.2. The van der Waals surface area contributed by atoms with Crippen LogP contribution in [0.3, 0.4) is 0 Å². The molecule has 8 nitrogen and oxygen atoms in total. The lowest BCUT2D eigenvalue weighted by Crippen LogP contribution is -2.33. The largest absolute Gasteiger partial charge is 0.462 e. The van der Waals surface area contributed by atoms with Gasteiger partial charge in [0.05, 0.1) is 17.9 Å². The molecule has 208 valence electrons. The summed E-state index contributed by atoms with van der Waals surface area (Å²) in [5.41, 5.74) is 6.54. The molecule has 4 rings (SSSR count). The fourth-order valence-electron chi connectivity index (χ4n) is 4.33. The van der Waals surface area contributed by atoms with Crippen LogP contribution in [0.5, 0.6) is 0 Å². The zero-order chi connectivity index (χ0) is 28.3. The van der Waals surface area contributed by atoms with E-state index in [1.54, 1.807) is 47.9 Å². The molecule has 0 fully saturated rings. The standard InChI is InChI=1S/C31H34N4O4S/c1-3-5-9-19-35-27-17-16-25(40-20-18-22-12-14-23(15-13-22)30(37)39-4-2)21-26(27)28(29(35)36)33-34-31(38)32-24-10-7-6-8-11-24/h6-8,10-17,21H,3-5,9,18-20H2,1-2H3,(H2,32,34,38). The van der Waals surface area contributed by atoms with Gasteiger partial charge in [0.15, 0.2) is 5.71 Å². The van der Waals surface area contributed by atoms with E-state index in [4.69, 9.17) is 4.74 Å². The Bertz CT molecular complexity index is 1360. The van der Waals surface area contributed by atoms with E-state index in [1.807, 2.05) is 48.5 Å². The highest BCUT2D eigenvalue weighted by Crippen LogP contribution is 2.33. The number of thioether (sulfide) groups is 1. The summed E-state index contributed by atoms with van der Waals surface area (Å²) in [6, 6.07) is 22.0. The highest BCUT2D eigenvalue weighted by Gasteiger charge is 2.34. The van der Waals surface area contributed by atoms with Crippen LogP contribution in [0, 0.1) is 0 Å². The predicted molar refractivity (Wildman–Crippen MR) is 160 cm³/mol. The van der Waals surface area contributed by atoms with E-state index >= 15 is 0 Å². The van der Waals surface area contributed by atoms with Crippen LogP contribution in [0.4, 0.5) is 16.2 Å². The number of benzene rings is 3. The lowest BCUT2D eigenvalue weighted by molar-refractivity contribution is -0.112. The minimum atomic E-state index is -0.517. The summed E-state index contributed by atoms with van der Waals surface area (Å²) in [4.78, 5) is 40.4. The van der Waals surface area contributed by atoms with Crippen molar-refractivity contribution < 1.29 is 19.1 Å². The van der Waals surface area contributed by atoms with Crippen LogP contribution in [-0.2, 0) is 16.0 Å². The van der Waals surface area contributed by atoms with Crippen molar-refractivity contribution in [3.8, 4) is 0 Å². The smallest absolute Gasteiger partial charge is 0.339 e. The van der Waals surface area contributed by atoms with Crippen LogP contribution in [0.2, 0.25) is 0 Å². The molecule has 3 aromatic rings. The molecular formula is C31H34N4O4S. The lowest BCUT2D eigenvalue weighted by atomic mass is 10.1. The summed E-state index contributed by atoms with van der Waals surface area (Å²) >= 11 is 1.68. The fourth-order valence-corrected chi connectivity index (χ4v) is 5.27. The van der Waals surface area contributed by atoms with Gasteiger partial charge in [-0.3, -0.25) is 4.79 Å². The van der Waals surface area contributed by atoms with Crippen molar-refractivity contribution in [3.63, 3.8) is 0 Å². The number of urea groups is 1. The second kappa shape index (κ2) is 14.3. The zero-order valence-electron chi connectivity index (χ0n) is 22.8. The first-order valence-corrected chi connectivity index (χ1v) is 14.5. The Labute approximate surface area is 239 Å². The molecule has 0 saturated carbocycles. The van der Waals surface area contributed by atoms with Gasteiger partial charge in [0, 0.05) is 28.4 Å². The van der Waals surface area contributed by atoms with E-state index in [0.29, 0.717) is 30.0 Å². The minimum Gasteiger partial charge on any atom is -0.462 e. The van der Waals surface area contributed by atoms with Gasteiger partial charge in [-0.2, -0.15) is 5.10 Å². The fraction of sp³-hybridized carbons (Fsp3) is 0.290. The van der Waals surface area contributed by atoms with E-state index < -0.39 is 6.03 Å². The SMILES string of the molecule is CCCCCN1C(=O)C(=NNC(=O)Nc2ccccc2)c2cc(SCCc3ccc(C(=O)OCC)cc3)ccc21. The molecule has 0 saturated heterocycles.